The van der Waals surface area contributed by atoms with Crippen LogP contribution in [-0.2, 0) is 0 Å². The van der Waals surface area contributed by atoms with E-state index < -0.39 is 5.91 Å². The van der Waals surface area contributed by atoms with Gasteiger partial charge in [-0.15, -0.1) is 5.10 Å². The minimum absolute atomic E-state index is 0.232. The Labute approximate surface area is 207 Å². The first-order valence-electron chi connectivity index (χ1n) is 11.8. The van der Waals surface area contributed by atoms with E-state index in [1.54, 1.807) is 48.8 Å². The van der Waals surface area contributed by atoms with Crippen molar-refractivity contribution in [2.75, 3.05) is 16.0 Å². The van der Waals surface area contributed by atoms with E-state index in [1.165, 1.54) is 10.7 Å². The van der Waals surface area contributed by atoms with E-state index in [1.807, 2.05) is 6.07 Å². The lowest BCUT2D eigenvalue weighted by Gasteiger charge is -2.27. The molecule has 36 heavy (non-hydrogen) atoms. The molecule has 1 saturated carbocycles. The summed E-state index contributed by atoms with van der Waals surface area (Å²) in [5, 5.41) is 14.4. The van der Waals surface area contributed by atoms with Crippen molar-refractivity contribution in [2.45, 2.75) is 37.8 Å². The third-order valence-electron chi connectivity index (χ3n) is 6.21. The van der Waals surface area contributed by atoms with Crippen molar-refractivity contribution in [2.24, 2.45) is 11.5 Å². The van der Waals surface area contributed by atoms with Gasteiger partial charge in [-0.25, -0.2) is 9.50 Å². The molecule has 184 valence electrons. The number of carbonyl (C=O) groups excluding carboxylic acids is 2. The standard InChI is InChI=1S/C25H27N9O2/c26-16-3-7-18(8-4-16)31-22-13-20(30-17-5-1-15(2-6-17)23(27)35)24-29-14-21(34(24)33-22)25(36)32-19-9-11-28-12-10-19/h1-2,5-6,9-14,16,18,30H,3-4,7-8,26H2,(H2,27,35)(H,31,33)(H,28,32,36). The average molecular weight is 486 g/mol. The molecular weight excluding hydrogens is 458 g/mol. The van der Waals surface area contributed by atoms with Gasteiger partial charge in [-0.3, -0.25) is 14.6 Å². The van der Waals surface area contributed by atoms with E-state index in [4.69, 9.17) is 11.5 Å². The Bertz CT molecular complexity index is 1380. The maximum atomic E-state index is 13.1. The molecule has 1 fully saturated rings. The van der Waals surface area contributed by atoms with E-state index >= 15 is 0 Å². The number of carbonyl (C=O) groups is 2. The summed E-state index contributed by atoms with van der Waals surface area (Å²) < 4.78 is 1.52. The maximum Gasteiger partial charge on any atom is 0.276 e. The normalized spacial score (nSPS) is 17.5. The lowest BCUT2D eigenvalue weighted by Crippen LogP contribution is -2.33. The summed E-state index contributed by atoms with van der Waals surface area (Å²) in [6.07, 6.45) is 8.47. The van der Waals surface area contributed by atoms with E-state index in [0.717, 1.165) is 31.4 Å². The molecule has 5 rings (SSSR count). The van der Waals surface area contributed by atoms with Crippen molar-refractivity contribution in [3.05, 3.63) is 72.3 Å². The van der Waals surface area contributed by atoms with Crippen LogP contribution in [0.15, 0.2) is 61.1 Å². The SMILES string of the molecule is NC(=O)c1ccc(Nc2cc(NC3CCC(N)CC3)nn3c(C(=O)Nc4ccncc4)cnc23)cc1. The second kappa shape index (κ2) is 10.0. The maximum absolute atomic E-state index is 13.1. The van der Waals surface area contributed by atoms with E-state index in [9.17, 15) is 9.59 Å². The number of pyridine rings is 1. The zero-order valence-electron chi connectivity index (χ0n) is 19.5. The van der Waals surface area contributed by atoms with Crippen LogP contribution in [0.2, 0.25) is 0 Å². The summed E-state index contributed by atoms with van der Waals surface area (Å²) in [6, 6.07) is 12.5. The largest absolute Gasteiger partial charge is 0.366 e. The molecule has 0 radical (unpaired) electrons. The lowest BCUT2D eigenvalue weighted by molar-refractivity contribution is 0.0996. The van der Waals surface area contributed by atoms with Gasteiger partial charge in [0.15, 0.2) is 11.3 Å². The fraction of sp³-hybridized carbons (Fsp3) is 0.240. The molecule has 1 aromatic carbocycles. The quantitative estimate of drug-likeness (QED) is 0.266. The summed E-state index contributed by atoms with van der Waals surface area (Å²) in [7, 11) is 0. The second-order valence-electron chi connectivity index (χ2n) is 8.83. The third-order valence-corrected chi connectivity index (χ3v) is 6.21. The number of imidazole rings is 1. The molecule has 0 aliphatic heterocycles. The van der Waals surface area contributed by atoms with Crippen LogP contribution < -0.4 is 27.4 Å². The molecule has 1 aliphatic carbocycles. The molecule has 0 unspecified atom stereocenters. The van der Waals surface area contributed by atoms with Gasteiger partial charge in [0.2, 0.25) is 5.91 Å². The van der Waals surface area contributed by atoms with Crippen molar-refractivity contribution >= 4 is 40.3 Å². The fourth-order valence-electron chi connectivity index (χ4n) is 4.26. The van der Waals surface area contributed by atoms with Crippen molar-refractivity contribution < 1.29 is 9.59 Å². The molecule has 11 nitrogen and oxygen atoms in total. The number of primary amides is 1. The van der Waals surface area contributed by atoms with Crippen LogP contribution in [0.25, 0.3) is 5.65 Å². The Morgan fingerprint density at radius 1 is 0.972 bits per heavy atom. The number of aromatic nitrogens is 4. The minimum Gasteiger partial charge on any atom is -0.366 e. The number of fused-ring (bicyclic) bond motifs is 1. The third kappa shape index (κ3) is 5.10. The highest BCUT2D eigenvalue weighted by Crippen LogP contribution is 2.27. The molecule has 4 aromatic rings. The summed E-state index contributed by atoms with van der Waals surface area (Å²) in [5.41, 5.74) is 14.6. The lowest BCUT2D eigenvalue weighted by atomic mass is 9.92. The van der Waals surface area contributed by atoms with Gasteiger partial charge < -0.3 is 27.4 Å². The van der Waals surface area contributed by atoms with Crippen LogP contribution in [-0.4, -0.2) is 43.5 Å². The molecule has 2 amide bonds. The van der Waals surface area contributed by atoms with Gasteiger partial charge in [-0.2, -0.15) is 0 Å². The fourth-order valence-corrected chi connectivity index (χ4v) is 4.26. The summed E-state index contributed by atoms with van der Waals surface area (Å²) in [5.74, 6) is -0.237. The zero-order valence-corrected chi connectivity index (χ0v) is 19.5. The molecule has 11 heteroatoms. The Hall–Kier alpha value is -4.51. The van der Waals surface area contributed by atoms with Crippen LogP contribution in [0.4, 0.5) is 22.9 Å². The predicted octanol–water partition coefficient (Wildman–Crippen LogP) is 2.90. The number of nitrogens with zero attached hydrogens (tertiary/aromatic N) is 4. The van der Waals surface area contributed by atoms with E-state index in [0.29, 0.717) is 28.4 Å². The van der Waals surface area contributed by atoms with E-state index in [-0.39, 0.29) is 23.7 Å². The number of benzene rings is 1. The van der Waals surface area contributed by atoms with Gasteiger partial charge >= 0.3 is 0 Å². The molecule has 0 atom stereocenters. The number of rotatable bonds is 7. The average Bonchev–Trinajstić information content (AvgIpc) is 3.31. The number of nitrogens with one attached hydrogen (secondary N) is 3. The van der Waals surface area contributed by atoms with Crippen molar-refractivity contribution in [3.63, 3.8) is 0 Å². The molecule has 3 heterocycles. The van der Waals surface area contributed by atoms with Crippen LogP contribution in [0, 0.1) is 0 Å². The predicted molar refractivity (Wildman–Crippen MR) is 137 cm³/mol. The zero-order chi connectivity index (χ0) is 25.1. The minimum atomic E-state index is -0.496. The molecule has 0 saturated heterocycles. The first-order chi connectivity index (χ1) is 17.5. The monoisotopic (exact) mass is 485 g/mol. The van der Waals surface area contributed by atoms with Crippen LogP contribution in [0.3, 0.4) is 0 Å². The van der Waals surface area contributed by atoms with Gasteiger partial charge in [-0.1, -0.05) is 0 Å². The topological polar surface area (TPSA) is 165 Å². The number of hydrogen-bond donors (Lipinski definition) is 5. The van der Waals surface area contributed by atoms with Crippen molar-refractivity contribution in [3.8, 4) is 0 Å². The van der Waals surface area contributed by atoms with Crippen LogP contribution in [0.1, 0.15) is 46.5 Å². The molecule has 3 aromatic heterocycles. The summed E-state index contributed by atoms with van der Waals surface area (Å²) >= 11 is 0. The Morgan fingerprint density at radius 3 is 2.39 bits per heavy atom. The van der Waals surface area contributed by atoms with Crippen molar-refractivity contribution in [1.82, 2.24) is 19.6 Å². The summed E-state index contributed by atoms with van der Waals surface area (Å²) in [4.78, 5) is 32.9. The van der Waals surface area contributed by atoms with Gasteiger partial charge in [0.1, 0.15) is 5.82 Å². The Balaban J connectivity index is 1.49. The van der Waals surface area contributed by atoms with E-state index in [2.05, 4.69) is 31.0 Å². The van der Waals surface area contributed by atoms with Crippen LogP contribution >= 0.6 is 0 Å². The van der Waals surface area contributed by atoms with Gasteiger partial charge in [0.05, 0.1) is 11.9 Å². The second-order valence-corrected chi connectivity index (χ2v) is 8.83. The molecule has 1 aliphatic rings. The van der Waals surface area contributed by atoms with Gasteiger partial charge in [0.25, 0.3) is 5.91 Å². The van der Waals surface area contributed by atoms with Gasteiger partial charge in [-0.05, 0) is 62.1 Å². The summed E-state index contributed by atoms with van der Waals surface area (Å²) in [6.45, 7) is 0. The molecule has 7 N–H and O–H groups in total. The first kappa shape index (κ1) is 23.2. The highest BCUT2D eigenvalue weighted by Gasteiger charge is 2.21. The number of hydrogen-bond acceptors (Lipinski definition) is 8. The Morgan fingerprint density at radius 2 is 1.69 bits per heavy atom. The molecular formula is C25H27N9O2. The first-order valence-corrected chi connectivity index (χ1v) is 11.8. The highest BCUT2D eigenvalue weighted by molar-refractivity contribution is 6.03. The van der Waals surface area contributed by atoms with Crippen LogP contribution in [0.5, 0.6) is 0 Å². The smallest absolute Gasteiger partial charge is 0.276 e. The number of amides is 2. The number of anilines is 4. The van der Waals surface area contributed by atoms with Gasteiger partial charge in [0, 0.05) is 47.5 Å². The number of nitrogens with two attached hydrogens (primary N) is 2. The Kier molecular flexibility index (Phi) is 6.46. The molecule has 0 spiro atoms. The highest BCUT2D eigenvalue weighted by atomic mass is 16.2. The van der Waals surface area contributed by atoms with Crippen molar-refractivity contribution in [1.29, 1.82) is 0 Å². The molecule has 0 bridgehead atoms.